The fraction of sp³-hybridized carbons (Fsp3) is 0. The van der Waals surface area contributed by atoms with Crippen LogP contribution in [0.5, 0.6) is 0 Å². The number of hydrogen-bond donors (Lipinski definition) is 0. The van der Waals surface area contributed by atoms with Crippen LogP contribution in [0.3, 0.4) is 0 Å². The van der Waals surface area contributed by atoms with Gasteiger partial charge in [0, 0.05) is 42.9 Å². The Morgan fingerprint density at radius 3 is 1.61 bits per heavy atom. The second-order valence-corrected chi connectivity index (χ2v) is 14.6. The summed E-state index contributed by atoms with van der Waals surface area (Å²) in [5.74, 6) is 1.98. The molecule has 0 amide bonds. The summed E-state index contributed by atoms with van der Waals surface area (Å²) in [4.78, 5) is 15.0. The molecule has 252 valence electrons. The predicted molar refractivity (Wildman–Crippen MR) is 226 cm³/mol. The minimum atomic E-state index is 0.657. The first kappa shape index (κ1) is 30.7. The van der Waals surface area contributed by atoms with E-state index >= 15 is 0 Å². The molecule has 0 saturated carbocycles. The number of aromatic nitrogens is 4. The topological polar surface area (TPSA) is 43.6 Å². The summed E-state index contributed by atoms with van der Waals surface area (Å²) in [6.45, 7) is 0. The molecule has 3 aromatic heterocycles. The van der Waals surface area contributed by atoms with E-state index in [1.54, 1.807) is 0 Å². The molecule has 0 aliphatic heterocycles. The maximum Gasteiger partial charge on any atom is 0.164 e. The second kappa shape index (κ2) is 12.3. The molecule has 5 heteroatoms. The highest BCUT2D eigenvalue weighted by Crippen LogP contribution is 2.45. The molecule has 11 rings (SSSR count). The van der Waals surface area contributed by atoms with Gasteiger partial charge in [-0.2, -0.15) is 0 Å². The smallest absolute Gasteiger partial charge is 0.164 e. The molecular formula is C49H30N4S. The van der Waals surface area contributed by atoms with Crippen molar-refractivity contribution in [1.82, 2.24) is 19.5 Å². The molecule has 0 radical (unpaired) electrons. The molecule has 0 unspecified atom stereocenters. The minimum absolute atomic E-state index is 0.657. The Kier molecular flexibility index (Phi) is 7.00. The summed E-state index contributed by atoms with van der Waals surface area (Å²) in [5.41, 5.74) is 8.90. The van der Waals surface area contributed by atoms with Gasteiger partial charge < -0.3 is 4.57 Å². The molecule has 54 heavy (non-hydrogen) atoms. The lowest BCUT2D eigenvalue weighted by Crippen LogP contribution is -1.99. The van der Waals surface area contributed by atoms with Gasteiger partial charge in [0.25, 0.3) is 0 Å². The molecule has 0 aliphatic carbocycles. The van der Waals surface area contributed by atoms with Crippen molar-refractivity contribution >= 4 is 64.1 Å². The zero-order valence-electron chi connectivity index (χ0n) is 29.0. The zero-order valence-corrected chi connectivity index (χ0v) is 29.8. The second-order valence-electron chi connectivity index (χ2n) is 13.6. The van der Waals surface area contributed by atoms with Crippen molar-refractivity contribution in [2.45, 2.75) is 0 Å². The lowest BCUT2D eigenvalue weighted by Gasteiger charge is -2.13. The minimum Gasteiger partial charge on any atom is -0.308 e. The van der Waals surface area contributed by atoms with Crippen LogP contribution >= 0.6 is 11.3 Å². The maximum absolute atomic E-state index is 5.02. The Morgan fingerprint density at radius 2 is 0.926 bits per heavy atom. The van der Waals surface area contributed by atoms with Crippen LogP contribution in [0, 0.1) is 0 Å². The predicted octanol–water partition coefficient (Wildman–Crippen LogP) is 13.2. The Labute approximate surface area is 315 Å². The van der Waals surface area contributed by atoms with Gasteiger partial charge >= 0.3 is 0 Å². The van der Waals surface area contributed by atoms with Crippen molar-refractivity contribution in [1.29, 1.82) is 0 Å². The Morgan fingerprint density at radius 1 is 0.370 bits per heavy atom. The molecule has 11 aromatic rings. The average molecular weight is 707 g/mol. The normalized spacial score (nSPS) is 11.7. The van der Waals surface area contributed by atoms with Crippen LogP contribution in [0.1, 0.15) is 0 Å². The molecule has 4 nitrogen and oxygen atoms in total. The first-order chi connectivity index (χ1) is 26.8. The zero-order chi connectivity index (χ0) is 35.6. The third-order valence-corrected chi connectivity index (χ3v) is 11.6. The number of hydrogen-bond acceptors (Lipinski definition) is 4. The van der Waals surface area contributed by atoms with E-state index in [9.17, 15) is 0 Å². The van der Waals surface area contributed by atoms with E-state index in [0.29, 0.717) is 17.5 Å². The summed E-state index contributed by atoms with van der Waals surface area (Å²) in [7, 11) is 0. The SMILES string of the molecule is c1ccc(-c2nc(-c3ccccc3)nc(-c3ccc4c(c3)sc3c(-n5c6ccccc6c6c7ccccc7c(-c7ccccc7)cc65)cccc34)n2)cc1. The summed E-state index contributed by atoms with van der Waals surface area (Å²) in [5, 5.41) is 7.51. The number of benzene rings is 8. The van der Waals surface area contributed by atoms with Crippen LogP contribution in [0.2, 0.25) is 0 Å². The molecule has 0 spiro atoms. The molecule has 0 bridgehead atoms. The van der Waals surface area contributed by atoms with E-state index in [-0.39, 0.29) is 0 Å². The van der Waals surface area contributed by atoms with Crippen LogP contribution in [-0.4, -0.2) is 19.5 Å². The Hall–Kier alpha value is -6.95. The van der Waals surface area contributed by atoms with Gasteiger partial charge in [-0.05, 0) is 46.2 Å². The Balaban J connectivity index is 1.14. The highest BCUT2D eigenvalue weighted by molar-refractivity contribution is 7.26. The van der Waals surface area contributed by atoms with E-state index in [4.69, 9.17) is 15.0 Å². The van der Waals surface area contributed by atoms with Gasteiger partial charge in [-0.25, -0.2) is 15.0 Å². The number of rotatable bonds is 5. The van der Waals surface area contributed by atoms with Gasteiger partial charge in [0.15, 0.2) is 17.5 Å². The van der Waals surface area contributed by atoms with Crippen molar-refractivity contribution in [2.24, 2.45) is 0 Å². The first-order valence-corrected chi connectivity index (χ1v) is 18.9. The molecular weight excluding hydrogens is 677 g/mol. The largest absolute Gasteiger partial charge is 0.308 e. The lowest BCUT2D eigenvalue weighted by atomic mass is 9.95. The summed E-state index contributed by atoms with van der Waals surface area (Å²) < 4.78 is 4.91. The standard InChI is InChI=1S/C49H30N4S/c1-4-15-31(16-5-1)40-30-43-45(37-22-11-10-21-35(37)40)39-23-12-13-25-41(39)53(43)42-26-14-24-38-36-28-27-34(29-44(36)54-46(38)42)49-51-47(32-17-6-2-7-18-32)50-48(52-49)33-19-8-3-9-20-33/h1-30H. The molecule has 0 atom stereocenters. The third kappa shape index (κ3) is 4.86. The summed E-state index contributed by atoms with van der Waals surface area (Å²) in [6, 6.07) is 64.4. The summed E-state index contributed by atoms with van der Waals surface area (Å²) >= 11 is 1.83. The number of thiophene rings is 1. The van der Waals surface area contributed by atoms with Crippen LogP contribution in [0.15, 0.2) is 182 Å². The molecule has 0 aliphatic rings. The van der Waals surface area contributed by atoms with Crippen LogP contribution in [0.4, 0.5) is 0 Å². The van der Waals surface area contributed by atoms with Gasteiger partial charge in [0.05, 0.1) is 21.4 Å². The van der Waals surface area contributed by atoms with E-state index in [1.165, 1.54) is 69.6 Å². The van der Waals surface area contributed by atoms with E-state index < -0.39 is 0 Å². The van der Waals surface area contributed by atoms with Gasteiger partial charge in [0.2, 0.25) is 0 Å². The fourth-order valence-corrected chi connectivity index (χ4v) is 9.23. The van der Waals surface area contributed by atoms with E-state index in [2.05, 4.69) is 126 Å². The highest BCUT2D eigenvalue weighted by atomic mass is 32.1. The van der Waals surface area contributed by atoms with Gasteiger partial charge in [0.1, 0.15) is 0 Å². The van der Waals surface area contributed by atoms with Crippen molar-refractivity contribution in [3.63, 3.8) is 0 Å². The molecule has 3 heterocycles. The van der Waals surface area contributed by atoms with E-state index in [1.807, 2.05) is 72.0 Å². The van der Waals surface area contributed by atoms with Crippen molar-refractivity contribution in [3.05, 3.63) is 182 Å². The molecule has 0 N–H and O–H groups in total. The number of fused-ring (bicyclic) bond motifs is 8. The van der Waals surface area contributed by atoms with Crippen molar-refractivity contribution < 1.29 is 0 Å². The summed E-state index contributed by atoms with van der Waals surface area (Å²) in [6.07, 6.45) is 0. The Bertz CT molecular complexity index is 3140. The number of nitrogens with zero attached hydrogens (tertiary/aromatic N) is 4. The van der Waals surface area contributed by atoms with Gasteiger partial charge in [-0.1, -0.05) is 158 Å². The van der Waals surface area contributed by atoms with Crippen molar-refractivity contribution in [3.8, 4) is 51.0 Å². The molecule has 0 saturated heterocycles. The average Bonchev–Trinajstić information content (AvgIpc) is 3.80. The molecule has 0 fully saturated rings. The monoisotopic (exact) mass is 706 g/mol. The first-order valence-electron chi connectivity index (χ1n) is 18.1. The van der Waals surface area contributed by atoms with E-state index in [0.717, 1.165) is 16.7 Å². The van der Waals surface area contributed by atoms with Crippen LogP contribution in [-0.2, 0) is 0 Å². The van der Waals surface area contributed by atoms with Crippen LogP contribution < -0.4 is 0 Å². The lowest BCUT2D eigenvalue weighted by molar-refractivity contribution is 1.07. The maximum atomic E-state index is 5.02. The third-order valence-electron chi connectivity index (χ3n) is 10.4. The van der Waals surface area contributed by atoms with Crippen molar-refractivity contribution in [2.75, 3.05) is 0 Å². The fourth-order valence-electron chi connectivity index (χ4n) is 7.98. The highest BCUT2D eigenvalue weighted by Gasteiger charge is 2.21. The van der Waals surface area contributed by atoms with Gasteiger partial charge in [-0.15, -0.1) is 11.3 Å². The number of para-hydroxylation sites is 1. The van der Waals surface area contributed by atoms with Gasteiger partial charge in [-0.3, -0.25) is 0 Å². The quantitative estimate of drug-likeness (QED) is 0.179. The van der Waals surface area contributed by atoms with Crippen LogP contribution in [0.25, 0.3) is 104 Å². The molecule has 8 aromatic carbocycles.